The molecule has 0 bridgehead atoms. The average Bonchev–Trinajstić information content (AvgIpc) is 3.45. The van der Waals surface area contributed by atoms with E-state index in [4.69, 9.17) is 14.2 Å². The Labute approximate surface area is 486 Å². The molecule has 0 saturated carbocycles. The first-order valence-electron chi connectivity index (χ1n) is 32.0. The number of hydrogen-bond donors (Lipinski definition) is 0. The second-order valence-corrected chi connectivity index (χ2v) is 20.5. The predicted molar refractivity (Wildman–Crippen MR) is 343 cm³/mol. The van der Waals surface area contributed by atoms with E-state index in [1.807, 2.05) is 12.2 Å². The van der Waals surface area contributed by atoms with E-state index in [9.17, 15) is 14.4 Å². The molecule has 0 aromatic carbocycles. The molecule has 6 nitrogen and oxygen atoms in total. The zero-order chi connectivity index (χ0) is 57.1. The fourth-order valence-electron chi connectivity index (χ4n) is 8.29. The summed E-state index contributed by atoms with van der Waals surface area (Å²) in [4.78, 5) is 38.3. The third kappa shape index (κ3) is 63.7. The van der Waals surface area contributed by atoms with Gasteiger partial charge in [-0.25, -0.2) is 0 Å². The quantitative estimate of drug-likeness (QED) is 0.0261. The van der Waals surface area contributed by atoms with Crippen LogP contribution >= 0.6 is 0 Å². The molecule has 0 saturated heterocycles. The van der Waals surface area contributed by atoms with E-state index in [0.29, 0.717) is 19.3 Å². The van der Waals surface area contributed by atoms with Crippen LogP contribution in [0.5, 0.6) is 0 Å². The molecule has 0 spiro atoms. The molecule has 0 aliphatic carbocycles. The molecule has 0 heterocycles. The summed E-state index contributed by atoms with van der Waals surface area (Å²) in [6.45, 7) is 6.30. The first kappa shape index (κ1) is 74.0. The summed E-state index contributed by atoms with van der Waals surface area (Å²) in [5.41, 5.74) is 0. The summed E-state index contributed by atoms with van der Waals surface area (Å²) in [5.74, 6) is -1.06. The van der Waals surface area contributed by atoms with Crippen LogP contribution in [0.3, 0.4) is 0 Å². The predicted octanol–water partition coefficient (Wildman–Crippen LogP) is 22.1. The van der Waals surface area contributed by atoms with Crippen molar-refractivity contribution in [2.45, 2.75) is 271 Å². The zero-order valence-electron chi connectivity index (χ0n) is 50.8. The number of hydrogen-bond acceptors (Lipinski definition) is 6. The SMILES string of the molecule is CC/C=C\C/C=C\C/C=C\C/C=C\C/C=C\C/C=C\CCC(=O)OC(COC(=O)CCCC/C=C\C/C=C\C/C=C\C/C=C\CC)COC(=O)CCCCCCCCCCCCCC/C=C\C/C=C\C/C=C\CCCCCCC. The van der Waals surface area contributed by atoms with Gasteiger partial charge in [-0.1, -0.05) is 269 Å². The molecule has 0 aliphatic rings. The number of unbranched alkanes of at least 4 members (excludes halogenated alkanes) is 19. The Balaban J connectivity index is 4.47. The number of esters is 3. The molecule has 444 valence electrons. The number of allylic oxidation sites excluding steroid dienone is 26. The lowest BCUT2D eigenvalue weighted by atomic mass is 10.0. The van der Waals surface area contributed by atoms with Gasteiger partial charge in [0.1, 0.15) is 13.2 Å². The Hall–Kier alpha value is -4.97. The van der Waals surface area contributed by atoms with Gasteiger partial charge in [0.25, 0.3) is 0 Å². The van der Waals surface area contributed by atoms with E-state index in [-0.39, 0.29) is 38.0 Å². The van der Waals surface area contributed by atoms with E-state index in [1.54, 1.807) is 0 Å². The van der Waals surface area contributed by atoms with Gasteiger partial charge in [0, 0.05) is 19.3 Å². The molecule has 0 aliphatic heterocycles. The smallest absolute Gasteiger partial charge is 0.306 e. The second-order valence-electron chi connectivity index (χ2n) is 20.5. The van der Waals surface area contributed by atoms with Gasteiger partial charge in [0.05, 0.1) is 0 Å². The molecule has 79 heavy (non-hydrogen) atoms. The van der Waals surface area contributed by atoms with E-state index < -0.39 is 12.1 Å². The van der Waals surface area contributed by atoms with Gasteiger partial charge in [-0.15, -0.1) is 0 Å². The van der Waals surface area contributed by atoms with Crippen LogP contribution in [0.25, 0.3) is 0 Å². The van der Waals surface area contributed by atoms with Crippen LogP contribution in [-0.4, -0.2) is 37.2 Å². The topological polar surface area (TPSA) is 78.9 Å². The minimum absolute atomic E-state index is 0.129. The Kier molecular flexibility index (Phi) is 61.4. The minimum Gasteiger partial charge on any atom is -0.462 e. The Morgan fingerprint density at radius 3 is 0.848 bits per heavy atom. The Morgan fingerprint density at radius 2 is 0.519 bits per heavy atom. The monoisotopic (exact) mass is 1090 g/mol. The molecule has 0 N–H and O–H groups in total. The third-order valence-corrected chi connectivity index (χ3v) is 13.0. The molecule has 0 aromatic rings. The van der Waals surface area contributed by atoms with Gasteiger partial charge in [0.15, 0.2) is 6.10 Å². The van der Waals surface area contributed by atoms with Crippen LogP contribution in [-0.2, 0) is 28.6 Å². The molecule has 1 atom stereocenters. The van der Waals surface area contributed by atoms with Gasteiger partial charge in [-0.05, 0) is 135 Å². The standard InChI is InChI=1S/C73H116O6/c1-4-7-10-13-16-19-22-25-28-30-32-33-34-35-36-37-38-39-41-42-45-48-51-54-57-60-63-66-72(75)78-69-70(68-77-71(74)65-62-59-56-53-50-47-44-27-24-21-18-15-12-9-6-3)79-73(76)67-64-61-58-55-52-49-46-43-40-31-29-26-23-20-17-14-11-8-5-2/h8-9,11-12,17-18,20-22,25-27,29-30,32,34-35,40,43-44,49-50,52-53,58,61,70H,4-7,10,13-16,19,23-24,28,31,33,36-39,41-42,45-48,51,54-57,59-60,62-69H2,1-3H3/b11-8-,12-9-,20-17-,21-18-,25-22-,29-26-,32-30-,35-34-,43-40-,44-27-,52-49-,53-50-,61-58-. The lowest BCUT2D eigenvalue weighted by Gasteiger charge is -2.18. The second kappa shape index (κ2) is 65.5. The third-order valence-electron chi connectivity index (χ3n) is 13.0. The summed E-state index contributed by atoms with van der Waals surface area (Å²) < 4.78 is 16.8. The fourth-order valence-corrected chi connectivity index (χ4v) is 8.29. The first-order valence-corrected chi connectivity index (χ1v) is 32.0. The zero-order valence-corrected chi connectivity index (χ0v) is 50.8. The van der Waals surface area contributed by atoms with Crippen molar-refractivity contribution in [3.63, 3.8) is 0 Å². The largest absolute Gasteiger partial charge is 0.462 e. The maximum atomic E-state index is 12.9. The molecule has 0 aromatic heterocycles. The number of carbonyl (C=O) groups is 3. The van der Waals surface area contributed by atoms with Crippen LogP contribution in [0.4, 0.5) is 0 Å². The highest BCUT2D eigenvalue weighted by Gasteiger charge is 2.19. The number of carbonyl (C=O) groups excluding carboxylic acids is 3. The summed E-state index contributed by atoms with van der Waals surface area (Å²) in [5, 5.41) is 0. The van der Waals surface area contributed by atoms with Crippen LogP contribution in [0, 0.1) is 0 Å². The first-order chi connectivity index (χ1) is 39.0. The van der Waals surface area contributed by atoms with Crippen molar-refractivity contribution in [1.82, 2.24) is 0 Å². The lowest BCUT2D eigenvalue weighted by Crippen LogP contribution is -2.30. The Bertz CT molecular complexity index is 1780. The molecule has 0 radical (unpaired) electrons. The van der Waals surface area contributed by atoms with Crippen LogP contribution in [0.1, 0.15) is 265 Å². The highest BCUT2D eigenvalue weighted by Crippen LogP contribution is 2.15. The lowest BCUT2D eigenvalue weighted by molar-refractivity contribution is -0.166. The molecule has 0 rings (SSSR count). The van der Waals surface area contributed by atoms with E-state index in [1.165, 1.54) is 103 Å². The van der Waals surface area contributed by atoms with Crippen LogP contribution in [0.2, 0.25) is 0 Å². The van der Waals surface area contributed by atoms with Crippen molar-refractivity contribution in [3.05, 3.63) is 158 Å². The maximum absolute atomic E-state index is 12.9. The minimum atomic E-state index is -0.845. The van der Waals surface area contributed by atoms with Gasteiger partial charge in [-0.3, -0.25) is 14.4 Å². The van der Waals surface area contributed by atoms with E-state index in [0.717, 1.165) is 109 Å². The number of ether oxygens (including phenoxy) is 3. The molecular formula is C73H116O6. The molecule has 0 fully saturated rings. The summed E-state index contributed by atoms with van der Waals surface area (Å²) in [6, 6.07) is 0. The highest BCUT2D eigenvalue weighted by atomic mass is 16.6. The summed E-state index contributed by atoms with van der Waals surface area (Å²) in [7, 11) is 0. The van der Waals surface area contributed by atoms with E-state index >= 15 is 0 Å². The van der Waals surface area contributed by atoms with Gasteiger partial charge < -0.3 is 14.2 Å². The van der Waals surface area contributed by atoms with Crippen molar-refractivity contribution in [3.8, 4) is 0 Å². The van der Waals surface area contributed by atoms with E-state index in [2.05, 4.69) is 167 Å². The highest BCUT2D eigenvalue weighted by molar-refractivity contribution is 5.71. The van der Waals surface area contributed by atoms with Gasteiger partial charge >= 0.3 is 17.9 Å². The van der Waals surface area contributed by atoms with Crippen molar-refractivity contribution >= 4 is 17.9 Å². The van der Waals surface area contributed by atoms with Crippen molar-refractivity contribution in [2.75, 3.05) is 13.2 Å². The van der Waals surface area contributed by atoms with Crippen molar-refractivity contribution in [1.29, 1.82) is 0 Å². The normalized spacial score (nSPS) is 13.2. The van der Waals surface area contributed by atoms with Crippen molar-refractivity contribution in [2.24, 2.45) is 0 Å². The van der Waals surface area contributed by atoms with Gasteiger partial charge in [0.2, 0.25) is 0 Å². The summed E-state index contributed by atoms with van der Waals surface area (Å²) >= 11 is 0. The van der Waals surface area contributed by atoms with Crippen LogP contribution in [0.15, 0.2) is 158 Å². The molecule has 1 unspecified atom stereocenters. The molecular weight excluding hydrogens is 973 g/mol. The maximum Gasteiger partial charge on any atom is 0.306 e. The number of rotatable bonds is 56. The molecule has 0 amide bonds. The summed E-state index contributed by atoms with van der Waals surface area (Å²) in [6.07, 6.45) is 95.5. The molecule has 6 heteroatoms. The van der Waals surface area contributed by atoms with Crippen LogP contribution < -0.4 is 0 Å². The van der Waals surface area contributed by atoms with Gasteiger partial charge in [-0.2, -0.15) is 0 Å². The fraction of sp³-hybridized carbons (Fsp3) is 0.603. The Morgan fingerprint density at radius 1 is 0.266 bits per heavy atom. The average molecular weight is 1090 g/mol. The van der Waals surface area contributed by atoms with Crippen molar-refractivity contribution < 1.29 is 28.6 Å².